The molecule has 0 bridgehead atoms. The molecule has 2 amide bonds. The molecule has 1 aliphatic carbocycles. The van der Waals surface area contributed by atoms with E-state index < -0.39 is 0 Å². The predicted octanol–water partition coefficient (Wildman–Crippen LogP) is 2.27. The Kier molecular flexibility index (Phi) is 4.33. The third kappa shape index (κ3) is 3.21. The van der Waals surface area contributed by atoms with E-state index >= 15 is 0 Å². The molecule has 2 fully saturated rings. The van der Waals surface area contributed by atoms with E-state index in [1.54, 1.807) is 0 Å². The molecule has 6 heteroatoms. The molecular weight excluding hydrogens is 292 g/mol. The van der Waals surface area contributed by atoms with Gasteiger partial charge < -0.3 is 5.32 Å². The maximum atomic E-state index is 11.8. The summed E-state index contributed by atoms with van der Waals surface area (Å²) in [6.07, 6.45) is 4.41. The summed E-state index contributed by atoms with van der Waals surface area (Å²) < 4.78 is 0. The second-order valence-corrected chi connectivity index (χ2v) is 6.64. The number of carbonyl (C=O) groups excluding carboxylic acids is 2. The van der Waals surface area contributed by atoms with Crippen molar-refractivity contribution in [1.82, 2.24) is 14.9 Å². The number of nitrogens with zero attached hydrogens (tertiary/aromatic N) is 3. The van der Waals surface area contributed by atoms with Crippen LogP contribution in [-0.2, 0) is 9.59 Å². The molecule has 1 saturated heterocycles. The molecular formula is C17H24N4O2. The summed E-state index contributed by atoms with van der Waals surface area (Å²) in [5.41, 5.74) is 2.09. The number of nitrogens with one attached hydrogen (secondary N) is 1. The van der Waals surface area contributed by atoms with Crippen molar-refractivity contribution in [3.63, 3.8) is 0 Å². The Morgan fingerprint density at radius 1 is 0.957 bits per heavy atom. The summed E-state index contributed by atoms with van der Waals surface area (Å²) in [6.45, 7) is 5.93. The Hall–Kier alpha value is -1.98. The average Bonchev–Trinajstić information content (AvgIpc) is 2.84. The van der Waals surface area contributed by atoms with Crippen LogP contribution in [-0.4, -0.2) is 38.8 Å². The zero-order chi connectivity index (χ0) is 16.6. The van der Waals surface area contributed by atoms with Crippen molar-refractivity contribution in [1.29, 1.82) is 0 Å². The van der Waals surface area contributed by atoms with Crippen LogP contribution in [0.2, 0.25) is 0 Å². The van der Waals surface area contributed by atoms with Crippen molar-refractivity contribution in [2.45, 2.75) is 71.4 Å². The number of carbonyl (C=O) groups is 2. The Labute approximate surface area is 136 Å². The molecule has 23 heavy (non-hydrogen) atoms. The third-order valence-corrected chi connectivity index (χ3v) is 4.99. The number of imide groups is 1. The van der Waals surface area contributed by atoms with Crippen molar-refractivity contribution in [2.24, 2.45) is 0 Å². The zero-order valence-corrected chi connectivity index (χ0v) is 14.1. The number of amides is 2. The summed E-state index contributed by atoms with van der Waals surface area (Å²) in [6, 6.07) is 0.428. The van der Waals surface area contributed by atoms with Gasteiger partial charge in [0.2, 0.25) is 11.8 Å². The van der Waals surface area contributed by atoms with Crippen molar-refractivity contribution >= 4 is 17.6 Å². The highest BCUT2D eigenvalue weighted by molar-refractivity contribution is 6.02. The highest BCUT2D eigenvalue weighted by atomic mass is 16.2. The molecule has 0 aromatic carbocycles. The Morgan fingerprint density at radius 2 is 1.57 bits per heavy atom. The highest BCUT2D eigenvalue weighted by Crippen LogP contribution is 2.29. The van der Waals surface area contributed by atoms with Crippen LogP contribution in [0.1, 0.15) is 55.6 Å². The van der Waals surface area contributed by atoms with Gasteiger partial charge >= 0.3 is 0 Å². The standard InChI is InChI=1S/C17H24N4O2/c1-10-11(2)18-12(3)19-17(10)20-13-4-6-14(7-5-13)21-15(22)8-9-16(21)23/h13-14H,4-9H2,1-3H3,(H,18,19,20). The quantitative estimate of drug-likeness (QED) is 0.866. The minimum Gasteiger partial charge on any atom is -0.367 e. The van der Waals surface area contributed by atoms with E-state index in [1.165, 1.54) is 4.90 Å². The van der Waals surface area contributed by atoms with Crippen LogP contribution in [0.5, 0.6) is 0 Å². The van der Waals surface area contributed by atoms with E-state index in [4.69, 9.17) is 0 Å². The second-order valence-electron chi connectivity index (χ2n) is 6.64. The summed E-state index contributed by atoms with van der Waals surface area (Å²) in [7, 11) is 0. The molecule has 1 N–H and O–H groups in total. The summed E-state index contributed by atoms with van der Waals surface area (Å²) in [5, 5.41) is 3.52. The Morgan fingerprint density at radius 3 is 2.17 bits per heavy atom. The Bertz CT molecular complexity index is 620. The molecule has 0 spiro atoms. The first kappa shape index (κ1) is 15.9. The first-order valence-corrected chi connectivity index (χ1v) is 8.39. The number of rotatable bonds is 3. The molecule has 0 atom stereocenters. The van der Waals surface area contributed by atoms with Gasteiger partial charge in [0.1, 0.15) is 11.6 Å². The topological polar surface area (TPSA) is 75.2 Å². The van der Waals surface area contributed by atoms with Gasteiger partial charge in [-0.15, -0.1) is 0 Å². The first-order valence-electron chi connectivity index (χ1n) is 8.39. The minimum absolute atomic E-state index is 0.00398. The van der Waals surface area contributed by atoms with Crippen LogP contribution in [0.15, 0.2) is 0 Å². The molecule has 0 unspecified atom stereocenters. The van der Waals surface area contributed by atoms with Gasteiger partial charge in [-0.1, -0.05) is 0 Å². The molecule has 3 rings (SSSR count). The molecule has 1 aliphatic heterocycles. The summed E-state index contributed by atoms with van der Waals surface area (Å²) >= 11 is 0. The lowest BCUT2D eigenvalue weighted by molar-refractivity contribution is -0.141. The maximum Gasteiger partial charge on any atom is 0.229 e. The van der Waals surface area contributed by atoms with E-state index in [2.05, 4.69) is 15.3 Å². The number of aryl methyl sites for hydroxylation is 2. The minimum atomic E-state index is 0.00398. The van der Waals surface area contributed by atoms with Crippen LogP contribution >= 0.6 is 0 Å². The van der Waals surface area contributed by atoms with E-state index in [1.807, 2.05) is 20.8 Å². The van der Waals surface area contributed by atoms with E-state index in [0.717, 1.165) is 48.6 Å². The van der Waals surface area contributed by atoms with Gasteiger partial charge in [-0.25, -0.2) is 9.97 Å². The fourth-order valence-corrected chi connectivity index (χ4v) is 3.58. The number of aromatic nitrogens is 2. The van der Waals surface area contributed by atoms with Gasteiger partial charge in [0.05, 0.1) is 0 Å². The van der Waals surface area contributed by atoms with E-state index in [-0.39, 0.29) is 17.9 Å². The third-order valence-electron chi connectivity index (χ3n) is 4.99. The van der Waals surface area contributed by atoms with Crippen molar-refractivity contribution in [2.75, 3.05) is 5.32 Å². The number of anilines is 1. The van der Waals surface area contributed by atoms with E-state index in [0.29, 0.717) is 18.9 Å². The smallest absolute Gasteiger partial charge is 0.229 e. The van der Waals surface area contributed by atoms with E-state index in [9.17, 15) is 9.59 Å². The van der Waals surface area contributed by atoms with Gasteiger partial charge in [-0.3, -0.25) is 14.5 Å². The zero-order valence-electron chi connectivity index (χ0n) is 14.1. The molecule has 1 saturated carbocycles. The second kappa shape index (κ2) is 6.26. The van der Waals surface area contributed by atoms with Gasteiger partial charge in [-0.05, 0) is 46.5 Å². The monoisotopic (exact) mass is 316 g/mol. The summed E-state index contributed by atoms with van der Waals surface area (Å²) in [5.74, 6) is 1.69. The lowest BCUT2D eigenvalue weighted by Gasteiger charge is -2.34. The van der Waals surface area contributed by atoms with Crippen molar-refractivity contribution in [3.8, 4) is 0 Å². The molecule has 1 aromatic heterocycles. The van der Waals surface area contributed by atoms with Crippen molar-refractivity contribution in [3.05, 3.63) is 17.1 Å². The summed E-state index contributed by atoms with van der Waals surface area (Å²) in [4.78, 5) is 34.1. The van der Waals surface area contributed by atoms with Crippen molar-refractivity contribution < 1.29 is 9.59 Å². The fraction of sp³-hybridized carbons (Fsp3) is 0.647. The largest absolute Gasteiger partial charge is 0.367 e. The SMILES string of the molecule is Cc1nc(C)c(C)c(NC2CCC(N3C(=O)CCC3=O)CC2)n1. The number of hydrogen-bond donors (Lipinski definition) is 1. The van der Waals surface area contributed by atoms with Crippen LogP contribution in [0.3, 0.4) is 0 Å². The van der Waals surface area contributed by atoms with Crippen LogP contribution in [0.25, 0.3) is 0 Å². The van der Waals surface area contributed by atoms with Gasteiger partial charge in [-0.2, -0.15) is 0 Å². The lowest BCUT2D eigenvalue weighted by atomic mass is 9.90. The Balaban J connectivity index is 1.62. The average molecular weight is 316 g/mol. The van der Waals surface area contributed by atoms with Gasteiger partial charge in [0.25, 0.3) is 0 Å². The van der Waals surface area contributed by atoms with Gasteiger partial charge in [0.15, 0.2) is 0 Å². The molecule has 2 aliphatic rings. The highest BCUT2D eigenvalue weighted by Gasteiger charge is 2.36. The molecule has 1 aromatic rings. The fourth-order valence-electron chi connectivity index (χ4n) is 3.58. The molecule has 124 valence electrons. The normalized spacial score (nSPS) is 25.1. The molecule has 2 heterocycles. The number of hydrogen-bond acceptors (Lipinski definition) is 5. The molecule has 6 nitrogen and oxygen atoms in total. The predicted molar refractivity (Wildman–Crippen MR) is 87.0 cm³/mol. The lowest BCUT2D eigenvalue weighted by Crippen LogP contribution is -2.43. The first-order chi connectivity index (χ1) is 11.0. The number of likely N-dealkylation sites (tertiary alicyclic amines) is 1. The van der Waals surface area contributed by atoms with Crippen LogP contribution in [0, 0.1) is 20.8 Å². The maximum absolute atomic E-state index is 11.8. The van der Waals surface area contributed by atoms with Gasteiger partial charge in [0, 0.05) is 36.2 Å². The van der Waals surface area contributed by atoms with Crippen LogP contribution < -0.4 is 5.32 Å². The van der Waals surface area contributed by atoms with Crippen LogP contribution in [0.4, 0.5) is 5.82 Å². The molecule has 0 radical (unpaired) electrons.